The van der Waals surface area contributed by atoms with Gasteiger partial charge in [-0.1, -0.05) is 30.3 Å². The van der Waals surface area contributed by atoms with Crippen molar-refractivity contribution in [3.8, 4) is 0 Å². The summed E-state index contributed by atoms with van der Waals surface area (Å²) in [5.41, 5.74) is 1.28. The highest BCUT2D eigenvalue weighted by molar-refractivity contribution is 7.91. The van der Waals surface area contributed by atoms with E-state index in [0.29, 0.717) is 10.9 Å². The maximum atomic E-state index is 12.6. The molecule has 8 heteroatoms. The van der Waals surface area contributed by atoms with Crippen LogP contribution in [0.5, 0.6) is 0 Å². The van der Waals surface area contributed by atoms with Crippen LogP contribution in [0.1, 0.15) is 5.56 Å². The van der Waals surface area contributed by atoms with E-state index in [0.717, 1.165) is 5.56 Å². The van der Waals surface area contributed by atoms with Crippen molar-refractivity contribution in [2.75, 3.05) is 12.3 Å². The van der Waals surface area contributed by atoms with Crippen LogP contribution in [0.2, 0.25) is 0 Å². The van der Waals surface area contributed by atoms with Crippen LogP contribution in [0.4, 0.5) is 0 Å². The van der Waals surface area contributed by atoms with E-state index in [-0.39, 0.29) is 22.1 Å². The summed E-state index contributed by atoms with van der Waals surface area (Å²) < 4.78 is 52.1. The maximum absolute atomic E-state index is 12.6. The smallest absolute Gasteiger partial charge is 0.242 e. The van der Waals surface area contributed by atoms with E-state index in [2.05, 4.69) is 9.71 Å². The number of hydrogen-bond acceptors (Lipinski definition) is 5. The first-order valence-corrected chi connectivity index (χ1v) is 11.1. The van der Waals surface area contributed by atoms with Gasteiger partial charge in [-0.05, 0) is 36.8 Å². The molecule has 2 aromatic carbocycles. The monoisotopic (exact) mass is 390 g/mol. The molecule has 0 aliphatic carbocycles. The molecule has 0 fully saturated rings. The van der Waals surface area contributed by atoms with Gasteiger partial charge in [-0.2, -0.15) is 0 Å². The van der Waals surface area contributed by atoms with Crippen molar-refractivity contribution >= 4 is 30.8 Å². The summed E-state index contributed by atoms with van der Waals surface area (Å²) >= 11 is 0. The van der Waals surface area contributed by atoms with Gasteiger partial charge < -0.3 is 0 Å². The van der Waals surface area contributed by atoms with E-state index in [1.54, 1.807) is 36.5 Å². The highest BCUT2D eigenvalue weighted by Crippen LogP contribution is 2.21. The van der Waals surface area contributed by atoms with Crippen LogP contribution in [0.15, 0.2) is 70.6 Å². The molecule has 3 rings (SSSR count). The van der Waals surface area contributed by atoms with Gasteiger partial charge in [0.25, 0.3) is 0 Å². The Bertz CT molecular complexity index is 1140. The molecule has 3 aromatic rings. The van der Waals surface area contributed by atoms with Crippen molar-refractivity contribution in [1.29, 1.82) is 0 Å². The predicted molar refractivity (Wildman–Crippen MR) is 100 cm³/mol. The van der Waals surface area contributed by atoms with Crippen LogP contribution in [-0.4, -0.2) is 34.1 Å². The number of hydrogen-bond donors (Lipinski definition) is 1. The summed E-state index contributed by atoms with van der Waals surface area (Å²) in [6.07, 6.45) is 1.60. The molecular formula is C18H18N2O4S2. The largest absolute Gasteiger partial charge is 0.255 e. The van der Waals surface area contributed by atoms with Crippen molar-refractivity contribution in [2.45, 2.75) is 16.7 Å². The van der Waals surface area contributed by atoms with E-state index < -0.39 is 19.9 Å². The predicted octanol–water partition coefficient (Wildman–Crippen LogP) is 2.30. The molecule has 26 heavy (non-hydrogen) atoms. The zero-order valence-electron chi connectivity index (χ0n) is 14.1. The van der Waals surface area contributed by atoms with Crippen molar-refractivity contribution in [3.63, 3.8) is 0 Å². The minimum absolute atomic E-state index is 0.0344. The molecule has 0 saturated heterocycles. The summed E-state index contributed by atoms with van der Waals surface area (Å²) in [4.78, 5) is 4.42. The maximum Gasteiger partial charge on any atom is 0.242 e. The van der Waals surface area contributed by atoms with Gasteiger partial charge in [0, 0.05) is 18.1 Å². The first kappa shape index (κ1) is 18.5. The second-order valence-electron chi connectivity index (χ2n) is 5.87. The minimum Gasteiger partial charge on any atom is -0.255 e. The molecule has 1 N–H and O–H groups in total. The Kier molecular flexibility index (Phi) is 5.08. The highest BCUT2D eigenvalue weighted by atomic mass is 32.2. The van der Waals surface area contributed by atoms with E-state index in [1.165, 1.54) is 18.2 Å². The van der Waals surface area contributed by atoms with E-state index in [4.69, 9.17) is 0 Å². The Morgan fingerprint density at radius 3 is 2.42 bits per heavy atom. The first-order valence-electron chi connectivity index (χ1n) is 7.92. The van der Waals surface area contributed by atoms with Gasteiger partial charge in [-0.3, -0.25) is 4.98 Å². The Balaban J connectivity index is 1.80. The molecule has 0 aliphatic rings. The number of rotatable bonds is 6. The number of nitrogens with one attached hydrogen (secondary N) is 1. The molecule has 136 valence electrons. The quantitative estimate of drug-likeness (QED) is 0.697. The van der Waals surface area contributed by atoms with Crippen LogP contribution in [0.3, 0.4) is 0 Å². The van der Waals surface area contributed by atoms with Crippen molar-refractivity contribution in [1.82, 2.24) is 9.71 Å². The molecule has 1 heterocycles. The molecule has 0 unspecified atom stereocenters. The summed E-state index contributed by atoms with van der Waals surface area (Å²) in [6, 6.07) is 14.7. The lowest BCUT2D eigenvalue weighted by Gasteiger charge is -2.10. The number of pyridine rings is 1. The van der Waals surface area contributed by atoms with Gasteiger partial charge in [0.1, 0.15) is 4.90 Å². The zero-order chi connectivity index (χ0) is 18.8. The number of aromatic nitrogens is 1. The molecule has 0 atom stereocenters. The molecule has 6 nitrogen and oxygen atoms in total. The fourth-order valence-corrected chi connectivity index (χ4v) is 5.11. The van der Waals surface area contributed by atoms with E-state index >= 15 is 0 Å². The third-order valence-electron chi connectivity index (χ3n) is 3.87. The topological polar surface area (TPSA) is 93.2 Å². The average Bonchev–Trinajstić information content (AvgIpc) is 2.61. The number of sulfonamides is 1. The van der Waals surface area contributed by atoms with E-state index in [1.807, 2.05) is 13.0 Å². The number of aryl methyl sites for hydroxylation is 1. The first-order chi connectivity index (χ1) is 12.3. The summed E-state index contributed by atoms with van der Waals surface area (Å²) in [5, 5.41) is 0.713. The van der Waals surface area contributed by atoms with Gasteiger partial charge in [0.05, 0.1) is 16.2 Å². The summed E-state index contributed by atoms with van der Waals surface area (Å²) in [5.74, 6) is -0.326. The normalized spacial score (nSPS) is 12.3. The van der Waals surface area contributed by atoms with Crippen molar-refractivity contribution in [3.05, 3.63) is 66.4 Å². The van der Waals surface area contributed by atoms with Crippen LogP contribution >= 0.6 is 0 Å². The molecule has 0 aliphatic heterocycles. The van der Waals surface area contributed by atoms with Crippen LogP contribution in [0.25, 0.3) is 10.9 Å². The number of fused-ring (bicyclic) bond motifs is 1. The highest BCUT2D eigenvalue weighted by Gasteiger charge is 2.20. The number of sulfone groups is 1. The van der Waals surface area contributed by atoms with Crippen molar-refractivity contribution < 1.29 is 16.8 Å². The van der Waals surface area contributed by atoms with Gasteiger partial charge in [0.2, 0.25) is 10.0 Å². The van der Waals surface area contributed by atoms with E-state index in [9.17, 15) is 16.8 Å². The summed E-state index contributed by atoms with van der Waals surface area (Å²) in [7, 11) is -7.44. The van der Waals surface area contributed by atoms with Crippen LogP contribution < -0.4 is 4.72 Å². The van der Waals surface area contributed by atoms with Gasteiger partial charge >= 0.3 is 0 Å². The number of benzene rings is 2. The Morgan fingerprint density at radius 1 is 0.962 bits per heavy atom. The average molecular weight is 390 g/mol. The van der Waals surface area contributed by atoms with Crippen LogP contribution in [-0.2, 0) is 19.9 Å². The molecule has 0 radical (unpaired) electrons. The van der Waals surface area contributed by atoms with Gasteiger partial charge in [-0.25, -0.2) is 21.6 Å². The number of para-hydroxylation sites is 1. The Morgan fingerprint density at radius 2 is 1.69 bits per heavy atom. The molecular weight excluding hydrogens is 372 g/mol. The molecule has 1 aromatic heterocycles. The number of nitrogens with zero attached hydrogens (tertiary/aromatic N) is 1. The van der Waals surface area contributed by atoms with Crippen LogP contribution in [0, 0.1) is 6.92 Å². The molecule has 0 spiro atoms. The zero-order valence-corrected chi connectivity index (χ0v) is 15.7. The molecule has 0 bridgehead atoms. The molecule has 0 saturated carbocycles. The lowest BCUT2D eigenvalue weighted by Crippen LogP contribution is -2.29. The van der Waals surface area contributed by atoms with Gasteiger partial charge in [-0.15, -0.1) is 0 Å². The second kappa shape index (κ2) is 7.14. The molecule has 0 amide bonds. The second-order valence-corrected chi connectivity index (χ2v) is 9.71. The Hall–Kier alpha value is -2.29. The Labute approximate surface area is 152 Å². The fraction of sp³-hybridized carbons (Fsp3) is 0.167. The standard InChI is InChI=1S/C18H18N2O4S2/c1-14-12-15-6-5-9-17(18(15)19-13-14)26(23,24)20-10-11-25(21,22)16-7-3-2-4-8-16/h2-9,12-13,20H,10-11H2,1H3. The SMILES string of the molecule is Cc1cnc2c(S(=O)(=O)NCCS(=O)(=O)c3ccccc3)cccc2c1. The van der Waals surface area contributed by atoms with Gasteiger partial charge in [0.15, 0.2) is 9.84 Å². The summed E-state index contributed by atoms with van der Waals surface area (Å²) in [6.45, 7) is 1.65. The lowest BCUT2D eigenvalue weighted by atomic mass is 10.2. The minimum atomic E-state index is -3.88. The third-order valence-corrected chi connectivity index (χ3v) is 7.09. The van der Waals surface area contributed by atoms with Crippen molar-refractivity contribution in [2.24, 2.45) is 0 Å². The lowest BCUT2D eigenvalue weighted by molar-refractivity contribution is 0.581. The fourth-order valence-electron chi connectivity index (χ4n) is 2.59. The third kappa shape index (κ3) is 3.92.